The molecule has 0 heterocycles. The fourth-order valence-electron chi connectivity index (χ4n) is 1.72. The van der Waals surface area contributed by atoms with E-state index in [-0.39, 0.29) is 11.4 Å². The third kappa shape index (κ3) is 6.06. The van der Waals surface area contributed by atoms with Crippen molar-refractivity contribution in [2.24, 2.45) is 5.73 Å². The number of benzene rings is 1. The maximum Gasteiger partial charge on any atom is 0.220 e. The third-order valence-electron chi connectivity index (χ3n) is 3.03. The van der Waals surface area contributed by atoms with Crippen LogP contribution in [-0.2, 0) is 11.2 Å². The summed E-state index contributed by atoms with van der Waals surface area (Å²) in [7, 11) is 0. The van der Waals surface area contributed by atoms with E-state index >= 15 is 0 Å². The summed E-state index contributed by atoms with van der Waals surface area (Å²) in [5.41, 5.74) is 6.39. The summed E-state index contributed by atoms with van der Waals surface area (Å²) in [6, 6.07) is 7.91. The molecule has 0 saturated carbocycles. The van der Waals surface area contributed by atoms with Crippen molar-refractivity contribution in [2.75, 3.05) is 13.2 Å². The summed E-state index contributed by atoms with van der Waals surface area (Å²) in [5.74, 6) is 0.913. The lowest BCUT2D eigenvalue weighted by Crippen LogP contribution is -2.48. The molecule has 0 aromatic heterocycles. The van der Waals surface area contributed by atoms with Crippen molar-refractivity contribution >= 4 is 5.91 Å². The number of rotatable bonds is 8. The SMILES string of the molecule is CCCOc1ccc(CCC(=O)NC(C)(C)CN)cc1. The van der Waals surface area contributed by atoms with E-state index in [0.29, 0.717) is 13.0 Å². The first-order valence-electron chi connectivity index (χ1n) is 7.19. The summed E-state index contributed by atoms with van der Waals surface area (Å²) in [4.78, 5) is 11.8. The molecule has 0 aliphatic carbocycles. The lowest BCUT2D eigenvalue weighted by atomic mass is 10.0. The van der Waals surface area contributed by atoms with E-state index in [9.17, 15) is 4.79 Å². The number of nitrogens with one attached hydrogen (secondary N) is 1. The van der Waals surface area contributed by atoms with Crippen LogP contribution in [0.15, 0.2) is 24.3 Å². The van der Waals surface area contributed by atoms with Crippen molar-refractivity contribution < 1.29 is 9.53 Å². The number of ether oxygens (including phenoxy) is 1. The number of hydrogen-bond acceptors (Lipinski definition) is 3. The average molecular weight is 278 g/mol. The van der Waals surface area contributed by atoms with E-state index in [1.54, 1.807) is 0 Å². The summed E-state index contributed by atoms with van der Waals surface area (Å²) in [6.07, 6.45) is 2.19. The van der Waals surface area contributed by atoms with E-state index in [1.807, 2.05) is 38.1 Å². The van der Waals surface area contributed by atoms with Crippen molar-refractivity contribution in [1.82, 2.24) is 5.32 Å². The first kappa shape index (κ1) is 16.5. The molecule has 20 heavy (non-hydrogen) atoms. The third-order valence-corrected chi connectivity index (χ3v) is 3.03. The molecule has 0 aliphatic heterocycles. The number of carbonyl (C=O) groups excluding carboxylic acids is 1. The van der Waals surface area contributed by atoms with Crippen molar-refractivity contribution in [3.63, 3.8) is 0 Å². The summed E-state index contributed by atoms with van der Waals surface area (Å²) in [6.45, 7) is 7.09. The Kier molecular flexibility index (Phi) is 6.52. The van der Waals surface area contributed by atoms with Gasteiger partial charge in [-0.3, -0.25) is 4.79 Å². The van der Waals surface area contributed by atoms with Crippen LogP contribution in [0, 0.1) is 0 Å². The van der Waals surface area contributed by atoms with Gasteiger partial charge in [0.15, 0.2) is 0 Å². The second kappa shape index (κ2) is 7.90. The molecule has 1 rings (SSSR count). The minimum Gasteiger partial charge on any atom is -0.494 e. The Morgan fingerprint density at radius 2 is 1.95 bits per heavy atom. The van der Waals surface area contributed by atoms with Crippen LogP contribution in [0.25, 0.3) is 0 Å². The second-order valence-electron chi connectivity index (χ2n) is 5.63. The summed E-state index contributed by atoms with van der Waals surface area (Å²) < 4.78 is 5.52. The molecule has 0 saturated heterocycles. The Bertz CT molecular complexity index is 413. The molecular weight excluding hydrogens is 252 g/mol. The molecule has 0 aliphatic rings. The van der Waals surface area contributed by atoms with Gasteiger partial charge < -0.3 is 15.8 Å². The largest absolute Gasteiger partial charge is 0.494 e. The van der Waals surface area contributed by atoms with Gasteiger partial charge in [0.2, 0.25) is 5.91 Å². The van der Waals surface area contributed by atoms with Crippen LogP contribution >= 0.6 is 0 Å². The van der Waals surface area contributed by atoms with E-state index in [2.05, 4.69) is 12.2 Å². The van der Waals surface area contributed by atoms with Crippen LogP contribution in [0.1, 0.15) is 39.2 Å². The van der Waals surface area contributed by atoms with Gasteiger partial charge in [-0.15, -0.1) is 0 Å². The molecule has 3 N–H and O–H groups in total. The molecule has 4 nitrogen and oxygen atoms in total. The molecule has 1 aromatic rings. The molecule has 0 fully saturated rings. The highest BCUT2D eigenvalue weighted by Gasteiger charge is 2.17. The van der Waals surface area contributed by atoms with Crippen LogP contribution in [0.4, 0.5) is 0 Å². The van der Waals surface area contributed by atoms with Gasteiger partial charge in [-0.25, -0.2) is 0 Å². The molecular formula is C16H26N2O2. The van der Waals surface area contributed by atoms with E-state index in [0.717, 1.165) is 30.8 Å². The maximum atomic E-state index is 11.8. The monoisotopic (exact) mass is 278 g/mol. The summed E-state index contributed by atoms with van der Waals surface area (Å²) >= 11 is 0. The number of carbonyl (C=O) groups is 1. The standard InChI is InChI=1S/C16H26N2O2/c1-4-11-20-14-8-5-13(6-9-14)7-10-15(19)18-16(2,3)12-17/h5-6,8-9H,4,7,10-12,17H2,1-3H3,(H,18,19). The molecule has 0 bridgehead atoms. The van der Waals surface area contributed by atoms with Gasteiger partial charge in [0, 0.05) is 18.5 Å². The van der Waals surface area contributed by atoms with Crippen molar-refractivity contribution in [1.29, 1.82) is 0 Å². The van der Waals surface area contributed by atoms with Gasteiger partial charge in [0.1, 0.15) is 5.75 Å². The maximum absolute atomic E-state index is 11.8. The lowest BCUT2D eigenvalue weighted by molar-refractivity contribution is -0.122. The predicted octanol–water partition coefficient (Wildman–Crippen LogP) is 2.26. The molecule has 0 spiro atoms. The molecule has 0 radical (unpaired) electrons. The normalized spacial score (nSPS) is 11.2. The van der Waals surface area contributed by atoms with Gasteiger partial charge in [0.05, 0.1) is 6.61 Å². The quantitative estimate of drug-likeness (QED) is 0.766. The first-order chi connectivity index (χ1) is 9.46. The smallest absolute Gasteiger partial charge is 0.220 e. The molecule has 1 aromatic carbocycles. The number of amides is 1. The predicted molar refractivity (Wildman–Crippen MR) is 81.8 cm³/mol. The Morgan fingerprint density at radius 3 is 2.50 bits per heavy atom. The van der Waals surface area contributed by atoms with Crippen molar-refractivity contribution in [3.8, 4) is 5.75 Å². The minimum atomic E-state index is -0.338. The number of aryl methyl sites for hydroxylation is 1. The van der Waals surface area contributed by atoms with Gasteiger partial charge >= 0.3 is 0 Å². The second-order valence-corrected chi connectivity index (χ2v) is 5.63. The Labute approximate surface area is 121 Å². The molecule has 0 atom stereocenters. The number of nitrogens with two attached hydrogens (primary N) is 1. The first-order valence-corrected chi connectivity index (χ1v) is 7.19. The molecule has 4 heteroatoms. The zero-order valence-electron chi connectivity index (χ0n) is 12.7. The fourth-order valence-corrected chi connectivity index (χ4v) is 1.72. The zero-order chi connectivity index (χ0) is 15.0. The number of hydrogen-bond donors (Lipinski definition) is 2. The summed E-state index contributed by atoms with van der Waals surface area (Å²) in [5, 5.41) is 2.93. The van der Waals surface area contributed by atoms with Crippen LogP contribution < -0.4 is 15.8 Å². The van der Waals surface area contributed by atoms with E-state index < -0.39 is 0 Å². The van der Waals surface area contributed by atoms with Crippen molar-refractivity contribution in [3.05, 3.63) is 29.8 Å². The lowest BCUT2D eigenvalue weighted by Gasteiger charge is -2.24. The topological polar surface area (TPSA) is 64.3 Å². The van der Waals surface area contributed by atoms with Gasteiger partial charge in [-0.1, -0.05) is 19.1 Å². The highest BCUT2D eigenvalue weighted by atomic mass is 16.5. The van der Waals surface area contributed by atoms with Crippen LogP contribution in [-0.4, -0.2) is 24.6 Å². The van der Waals surface area contributed by atoms with E-state index in [1.165, 1.54) is 0 Å². The minimum absolute atomic E-state index is 0.0340. The van der Waals surface area contributed by atoms with E-state index in [4.69, 9.17) is 10.5 Å². The average Bonchev–Trinajstić information content (AvgIpc) is 2.43. The van der Waals surface area contributed by atoms with Crippen LogP contribution in [0.2, 0.25) is 0 Å². The molecule has 1 amide bonds. The molecule has 0 unspecified atom stereocenters. The van der Waals surface area contributed by atoms with Crippen LogP contribution in [0.5, 0.6) is 5.75 Å². The van der Waals surface area contributed by atoms with Crippen LogP contribution in [0.3, 0.4) is 0 Å². The van der Waals surface area contributed by atoms with Gasteiger partial charge in [0.25, 0.3) is 0 Å². The Hall–Kier alpha value is -1.55. The Balaban J connectivity index is 2.40. The highest BCUT2D eigenvalue weighted by Crippen LogP contribution is 2.13. The fraction of sp³-hybridized carbons (Fsp3) is 0.562. The van der Waals surface area contributed by atoms with Gasteiger partial charge in [-0.2, -0.15) is 0 Å². The molecule has 112 valence electrons. The Morgan fingerprint density at radius 1 is 1.30 bits per heavy atom. The highest BCUT2D eigenvalue weighted by molar-refractivity contribution is 5.77. The van der Waals surface area contributed by atoms with Gasteiger partial charge in [-0.05, 0) is 44.4 Å². The van der Waals surface area contributed by atoms with Crippen molar-refractivity contribution in [2.45, 2.75) is 45.6 Å². The zero-order valence-corrected chi connectivity index (χ0v) is 12.7.